The van der Waals surface area contributed by atoms with Gasteiger partial charge in [-0.15, -0.1) is 0 Å². The van der Waals surface area contributed by atoms with E-state index < -0.39 is 16.6 Å². The number of hydrogen-bond acceptors (Lipinski definition) is 4. The summed E-state index contributed by atoms with van der Waals surface area (Å²) < 4.78 is 33.7. The largest absolute Gasteiger partial charge is 0.465 e. The van der Waals surface area contributed by atoms with Crippen LogP contribution in [0.1, 0.15) is 22.6 Å². The molecule has 0 aliphatic heterocycles. The minimum atomic E-state index is -3.82. The average molecular weight is 374 g/mol. The van der Waals surface area contributed by atoms with Crippen LogP contribution in [0.4, 0.5) is 5.69 Å². The summed E-state index contributed by atoms with van der Waals surface area (Å²) in [6.07, 6.45) is 0. The highest BCUT2D eigenvalue weighted by molar-refractivity contribution is 9.10. The van der Waals surface area contributed by atoms with Crippen molar-refractivity contribution in [2.75, 3.05) is 4.72 Å². The van der Waals surface area contributed by atoms with Gasteiger partial charge in [0.25, 0.3) is 10.0 Å². The van der Waals surface area contributed by atoms with E-state index in [9.17, 15) is 13.5 Å². The zero-order valence-electron chi connectivity index (χ0n) is 11.9. The molecule has 0 bridgehead atoms. The average Bonchev–Trinajstić information content (AvgIpc) is 2.61. The van der Waals surface area contributed by atoms with Crippen molar-refractivity contribution in [1.29, 1.82) is 0 Å². The number of anilines is 1. The summed E-state index contributed by atoms with van der Waals surface area (Å²) in [6, 6.07) is 5.28. The first-order valence-electron chi connectivity index (χ1n) is 6.24. The molecule has 2 N–H and O–H groups in total. The normalized spacial score (nSPS) is 11.7. The molecule has 5 nitrogen and oxygen atoms in total. The fourth-order valence-electron chi connectivity index (χ4n) is 2.25. The predicted molar refractivity (Wildman–Crippen MR) is 83.8 cm³/mol. The Balaban J connectivity index is 2.48. The number of aryl methyl sites for hydroxylation is 3. The van der Waals surface area contributed by atoms with Crippen molar-refractivity contribution in [3.05, 3.63) is 45.3 Å². The molecule has 0 radical (unpaired) electrons. The van der Waals surface area contributed by atoms with Crippen molar-refractivity contribution in [3.8, 4) is 0 Å². The van der Waals surface area contributed by atoms with Crippen LogP contribution in [0, 0.1) is 20.8 Å². The lowest BCUT2D eigenvalue weighted by atomic mass is 10.2. The molecule has 1 aromatic heterocycles. The molecular formula is C14H16BrNO4S. The van der Waals surface area contributed by atoms with Crippen LogP contribution in [-0.2, 0) is 16.6 Å². The summed E-state index contributed by atoms with van der Waals surface area (Å²) in [5.41, 5.74) is 1.65. The van der Waals surface area contributed by atoms with Crippen LogP contribution in [0.2, 0.25) is 0 Å². The molecule has 0 unspecified atom stereocenters. The number of hydrogen-bond donors (Lipinski definition) is 2. The molecule has 7 heteroatoms. The zero-order chi connectivity index (χ0) is 15.8. The summed E-state index contributed by atoms with van der Waals surface area (Å²) in [7, 11) is -3.82. The lowest BCUT2D eigenvalue weighted by Gasteiger charge is -2.10. The molecule has 0 amide bonds. The second kappa shape index (κ2) is 5.82. The van der Waals surface area contributed by atoms with E-state index in [1.807, 2.05) is 13.0 Å². The number of sulfonamides is 1. The van der Waals surface area contributed by atoms with Crippen LogP contribution in [0.3, 0.4) is 0 Å². The maximum atomic E-state index is 12.5. The van der Waals surface area contributed by atoms with Crippen molar-refractivity contribution in [1.82, 2.24) is 0 Å². The Morgan fingerprint density at radius 3 is 2.43 bits per heavy atom. The van der Waals surface area contributed by atoms with Crippen LogP contribution < -0.4 is 4.72 Å². The molecule has 21 heavy (non-hydrogen) atoms. The van der Waals surface area contributed by atoms with E-state index in [0.29, 0.717) is 11.4 Å². The van der Waals surface area contributed by atoms with E-state index in [1.54, 1.807) is 26.0 Å². The van der Waals surface area contributed by atoms with Gasteiger partial charge in [-0.05, 0) is 44.5 Å². The Bertz CT molecular complexity index is 760. The van der Waals surface area contributed by atoms with E-state index in [0.717, 1.165) is 10.0 Å². The number of furan rings is 1. The Morgan fingerprint density at radius 1 is 1.19 bits per heavy atom. The fourth-order valence-corrected chi connectivity index (χ4v) is 4.34. The number of halogens is 1. The Kier molecular flexibility index (Phi) is 4.46. The first kappa shape index (κ1) is 16.1. The second-order valence-electron chi connectivity index (χ2n) is 4.80. The highest BCUT2D eigenvalue weighted by atomic mass is 79.9. The lowest BCUT2D eigenvalue weighted by Crippen LogP contribution is -2.15. The van der Waals surface area contributed by atoms with Crippen LogP contribution >= 0.6 is 15.9 Å². The van der Waals surface area contributed by atoms with Gasteiger partial charge in [-0.3, -0.25) is 4.72 Å². The fraction of sp³-hybridized carbons (Fsp3) is 0.286. The molecule has 0 aliphatic carbocycles. The molecule has 1 heterocycles. The molecular weight excluding hydrogens is 358 g/mol. The predicted octanol–water partition coefficient (Wildman–Crippen LogP) is 3.26. The molecule has 0 aliphatic rings. The van der Waals surface area contributed by atoms with Crippen molar-refractivity contribution >= 4 is 31.6 Å². The van der Waals surface area contributed by atoms with Crippen molar-refractivity contribution < 1.29 is 17.9 Å². The van der Waals surface area contributed by atoms with Gasteiger partial charge >= 0.3 is 0 Å². The molecule has 0 saturated heterocycles. The van der Waals surface area contributed by atoms with Gasteiger partial charge in [0.2, 0.25) is 0 Å². The first-order chi connectivity index (χ1) is 9.74. The molecule has 0 saturated carbocycles. The molecule has 2 aromatic rings. The van der Waals surface area contributed by atoms with E-state index in [4.69, 9.17) is 4.42 Å². The SMILES string of the molecule is Cc1cc(Br)cc(NS(=O)(=O)c2c(C)oc(C)c2CO)c1. The van der Waals surface area contributed by atoms with Gasteiger partial charge in [-0.2, -0.15) is 0 Å². The summed E-state index contributed by atoms with van der Waals surface area (Å²) in [6.45, 7) is 4.67. The number of aliphatic hydroxyl groups is 1. The van der Waals surface area contributed by atoms with Crippen molar-refractivity contribution in [3.63, 3.8) is 0 Å². The van der Waals surface area contributed by atoms with Gasteiger partial charge in [0, 0.05) is 10.0 Å². The van der Waals surface area contributed by atoms with Crippen molar-refractivity contribution in [2.24, 2.45) is 0 Å². The summed E-state index contributed by atoms with van der Waals surface area (Å²) >= 11 is 3.33. The lowest BCUT2D eigenvalue weighted by molar-refractivity contribution is 0.276. The highest BCUT2D eigenvalue weighted by Gasteiger charge is 2.26. The highest BCUT2D eigenvalue weighted by Crippen LogP contribution is 2.29. The molecule has 0 spiro atoms. The van der Waals surface area contributed by atoms with Crippen LogP contribution in [-0.4, -0.2) is 13.5 Å². The standard InChI is InChI=1S/C14H16BrNO4S/c1-8-4-11(15)6-12(5-8)16-21(18,19)14-10(3)20-9(2)13(14)7-17/h4-6,16-17H,7H2,1-3H3. The van der Waals surface area contributed by atoms with Gasteiger partial charge in [0.15, 0.2) is 0 Å². The smallest absolute Gasteiger partial charge is 0.265 e. The third-order valence-corrected chi connectivity index (χ3v) is 5.08. The van der Waals surface area contributed by atoms with Gasteiger partial charge < -0.3 is 9.52 Å². The van der Waals surface area contributed by atoms with Gasteiger partial charge in [0.05, 0.1) is 12.3 Å². The molecule has 0 atom stereocenters. The minimum absolute atomic E-state index is 0.000119. The topological polar surface area (TPSA) is 79.5 Å². The molecule has 0 fully saturated rings. The van der Waals surface area contributed by atoms with Crippen LogP contribution in [0.25, 0.3) is 0 Å². The maximum absolute atomic E-state index is 12.5. The summed E-state index contributed by atoms with van der Waals surface area (Å²) in [5, 5.41) is 9.37. The number of nitrogens with one attached hydrogen (secondary N) is 1. The maximum Gasteiger partial charge on any atom is 0.265 e. The summed E-state index contributed by atoms with van der Waals surface area (Å²) in [5.74, 6) is 0.663. The Labute approximate surface area is 132 Å². The van der Waals surface area contributed by atoms with Gasteiger partial charge in [0.1, 0.15) is 16.4 Å². The van der Waals surface area contributed by atoms with Gasteiger partial charge in [-0.25, -0.2) is 8.42 Å². The number of benzene rings is 1. The van der Waals surface area contributed by atoms with E-state index >= 15 is 0 Å². The van der Waals surface area contributed by atoms with E-state index in [-0.39, 0.29) is 16.2 Å². The Hall–Kier alpha value is -1.31. The minimum Gasteiger partial charge on any atom is -0.465 e. The number of rotatable bonds is 4. The molecule has 2 rings (SSSR count). The monoisotopic (exact) mass is 373 g/mol. The van der Waals surface area contributed by atoms with Crippen molar-refractivity contribution in [2.45, 2.75) is 32.3 Å². The third kappa shape index (κ3) is 3.30. The quantitative estimate of drug-likeness (QED) is 0.861. The van der Waals surface area contributed by atoms with Crippen LogP contribution in [0.5, 0.6) is 0 Å². The first-order valence-corrected chi connectivity index (χ1v) is 8.52. The summed E-state index contributed by atoms with van der Waals surface area (Å²) in [4.78, 5) is 0.000119. The molecule has 114 valence electrons. The second-order valence-corrected chi connectivity index (χ2v) is 7.34. The molecule has 1 aromatic carbocycles. The van der Waals surface area contributed by atoms with Gasteiger partial charge in [-0.1, -0.05) is 15.9 Å². The third-order valence-electron chi connectivity index (χ3n) is 3.05. The zero-order valence-corrected chi connectivity index (χ0v) is 14.3. The Morgan fingerprint density at radius 2 is 1.86 bits per heavy atom. The number of aliphatic hydroxyl groups excluding tert-OH is 1. The van der Waals surface area contributed by atoms with E-state index in [2.05, 4.69) is 20.7 Å². The van der Waals surface area contributed by atoms with Crippen LogP contribution in [0.15, 0.2) is 32.0 Å². The van der Waals surface area contributed by atoms with E-state index in [1.165, 1.54) is 0 Å².